The van der Waals surface area contributed by atoms with E-state index in [9.17, 15) is 14.4 Å². The van der Waals surface area contributed by atoms with Gasteiger partial charge in [-0.2, -0.15) is 0 Å². The van der Waals surface area contributed by atoms with Crippen LogP contribution in [0.25, 0.3) is 0 Å². The summed E-state index contributed by atoms with van der Waals surface area (Å²) >= 11 is 0. The molecule has 0 saturated heterocycles. The van der Waals surface area contributed by atoms with Gasteiger partial charge in [0.15, 0.2) is 0 Å². The Balaban J connectivity index is -0.000000266. The maximum atomic E-state index is 10.4. The third kappa shape index (κ3) is 25.0. The van der Waals surface area contributed by atoms with Gasteiger partial charge in [0.1, 0.15) is 0 Å². The van der Waals surface area contributed by atoms with Gasteiger partial charge in [0.25, 0.3) is 0 Å². The van der Waals surface area contributed by atoms with Crippen molar-refractivity contribution in [1.29, 1.82) is 0 Å². The SMILES string of the molecule is C=C(C)C(=O)O.C=C(C)C(=O)OCC.C=CC(=O)OCCCC. The Hall–Kier alpha value is -2.37. The maximum Gasteiger partial charge on any atom is 0.333 e. The molecule has 0 aromatic heterocycles. The highest BCUT2D eigenvalue weighted by Gasteiger charge is 1.98. The van der Waals surface area contributed by atoms with Gasteiger partial charge in [0, 0.05) is 17.2 Å². The number of carboxylic acid groups (broad SMARTS) is 1. The summed E-state index contributed by atoms with van der Waals surface area (Å²) in [5.74, 6) is -1.58. The van der Waals surface area contributed by atoms with E-state index in [4.69, 9.17) is 5.11 Å². The molecule has 6 heteroatoms. The Kier molecular flexibility index (Phi) is 19.7. The van der Waals surface area contributed by atoms with Crippen LogP contribution in [0, 0.1) is 0 Å². The van der Waals surface area contributed by atoms with Crippen molar-refractivity contribution in [3.63, 3.8) is 0 Å². The first-order valence-electron chi connectivity index (χ1n) is 7.14. The monoisotopic (exact) mass is 328 g/mol. The highest BCUT2D eigenvalue weighted by Crippen LogP contribution is 1.89. The van der Waals surface area contributed by atoms with Crippen LogP contribution in [0.2, 0.25) is 0 Å². The molecule has 0 heterocycles. The van der Waals surface area contributed by atoms with Gasteiger partial charge in [-0.15, -0.1) is 0 Å². The second-order valence-corrected chi connectivity index (χ2v) is 4.31. The summed E-state index contributed by atoms with van der Waals surface area (Å²) < 4.78 is 9.24. The van der Waals surface area contributed by atoms with Crippen LogP contribution in [-0.2, 0) is 23.9 Å². The van der Waals surface area contributed by atoms with Gasteiger partial charge in [-0.3, -0.25) is 0 Å². The summed E-state index contributed by atoms with van der Waals surface area (Å²) in [6.07, 6.45) is 3.15. The molecule has 0 aliphatic rings. The number of carbonyl (C=O) groups excluding carboxylic acids is 2. The second kappa shape index (κ2) is 17.7. The van der Waals surface area contributed by atoms with Crippen molar-refractivity contribution in [2.45, 2.75) is 40.5 Å². The predicted molar refractivity (Wildman–Crippen MR) is 90.0 cm³/mol. The minimum Gasteiger partial charge on any atom is -0.478 e. The van der Waals surface area contributed by atoms with Crippen LogP contribution in [0.4, 0.5) is 0 Å². The number of ether oxygens (including phenoxy) is 2. The first kappa shape index (κ1) is 25.6. The summed E-state index contributed by atoms with van der Waals surface area (Å²) in [6, 6.07) is 0. The number of carbonyl (C=O) groups is 3. The number of esters is 2. The van der Waals surface area contributed by atoms with E-state index in [1.165, 1.54) is 13.0 Å². The molecular weight excluding hydrogens is 300 g/mol. The van der Waals surface area contributed by atoms with Crippen molar-refractivity contribution in [3.05, 3.63) is 37.0 Å². The molecule has 0 radical (unpaired) electrons. The van der Waals surface area contributed by atoms with Gasteiger partial charge in [0.2, 0.25) is 0 Å². The van der Waals surface area contributed by atoms with Crippen molar-refractivity contribution >= 4 is 17.9 Å². The van der Waals surface area contributed by atoms with Crippen molar-refractivity contribution in [2.75, 3.05) is 13.2 Å². The Morgan fingerprint density at radius 3 is 1.74 bits per heavy atom. The van der Waals surface area contributed by atoms with E-state index < -0.39 is 5.97 Å². The molecule has 0 unspecified atom stereocenters. The van der Waals surface area contributed by atoms with Gasteiger partial charge < -0.3 is 14.6 Å². The van der Waals surface area contributed by atoms with Crippen LogP contribution >= 0.6 is 0 Å². The van der Waals surface area contributed by atoms with E-state index >= 15 is 0 Å². The molecule has 1 N–H and O–H groups in total. The predicted octanol–water partition coefficient (Wildman–Crippen LogP) is 3.29. The minimum absolute atomic E-state index is 0.176. The van der Waals surface area contributed by atoms with Crippen LogP contribution in [0.5, 0.6) is 0 Å². The number of hydrogen-bond donors (Lipinski definition) is 1. The van der Waals surface area contributed by atoms with Crippen molar-refractivity contribution in [2.24, 2.45) is 0 Å². The minimum atomic E-state index is -0.935. The molecule has 0 atom stereocenters. The Morgan fingerprint density at radius 2 is 1.52 bits per heavy atom. The van der Waals surface area contributed by atoms with E-state index in [0.717, 1.165) is 12.8 Å². The topological polar surface area (TPSA) is 89.9 Å². The lowest BCUT2D eigenvalue weighted by atomic mass is 10.4. The standard InChI is InChI=1S/C7H12O2.C6H10O2.C4H6O2/c1-3-5-6-9-7(8)4-2;1-4-8-6(7)5(2)3;1-3(2)4(5)6/h4H,2-3,5-6H2,1H3;2,4H2,1,3H3;1H2,2H3,(H,5,6). The lowest BCUT2D eigenvalue weighted by Crippen LogP contribution is -2.03. The summed E-state index contributed by atoms with van der Waals surface area (Å²) in [7, 11) is 0. The Labute approximate surface area is 138 Å². The zero-order valence-electron chi connectivity index (χ0n) is 14.5. The summed E-state index contributed by atoms with van der Waals surface area (Å²) in [4.78, 5) is 30.4. The van der Waals surface area contributed by atoms with E-state index in [0.29, 0.717) is 18.8 Å². The fourth-order valence-corrected chi connectivity index (χ4v) is 0.630. The zero-order valence-corrected chi connectivity index (χ0v) is 14.5. The molecule has 6 nitrogen and oxygen atoms in total. The highest BCUT2D eigenvalue weighted by atomic mass is 16.5. The first-order valence-corrected chi connectivity index (χ1v) is 7.14. The molecule has 0 saturated carbocycles. The molecule has 0 rings (SSSR count). The highest BCUT2D eigenvalue weighted by molar-refractivity contribution is 5.86. The van der Waals surface area contributed by atoms with Gasteiger partial charge >= 0.3 is 17.9 Å². The maximum absolute atomic E-state index is 10.4. The first-order chi connectivity index (χ1) is 10.6. The number of hydrogen-bond acceptors (Lipinski definition) is 5. The molecule has 132 valence electrons. The van der Waals surface area contributed by atoms with Crippen molar-refractivity contribution in [3.8, 4) is 0 Å². The van der Waals surface area contributed by atoms with Crippen molar-refractivity contribution < 1.29 is 29.0 Å². The van der Waals surface area contributed by atoms with Crippen LogP contribution in [-0.4, -0.2) is 36.2 Å². The number of aliphatic carboxylic acids is 1. The smallest absolute Gasteiger partial charge is 0.333 e. The van der Waals surface area contributed by atoms with Gasteiger partial charge in [-0.1, -0.05) is 33.1 Å². The lowest BCUT2D eigenvalue weighted by molar-refractivity contribution is -0.139. The largest absolute Gasteiger partial charge is 0.478 e. The normalized spacial score (nSPS) is 8.17. The molecule has 0 aliphatic heterocycles. The van der Waals surface area contributed by atoms with Gasteiger partial charge in [-0.05, 0) is 27.2 Å². The molecule has 0 aromatic rings. The van der Waals surface area contributed by atoms with Gasteiger partial charge in [-0.25, -0.2) is 14.4 Å². The molecule has 0 amide bonds. The van der Waals surface area contributed by atoms with Crippen LogP contribution in [0.3, 0.4) is 0 Å². The van der Waals surface area contributed by atoms with Crippen molar-refractivity contribution in [1.82, 2.24) is 0 Å². The van der Waals surface area contributed by atoms with E-state index in [-0.39, 0.29) is 17.5 Å². The number of carboxylic acids is 1. The molecule has 0 fully saturated rings. The summed E-state index contributed by atoms with van der Waals surface area (Å²) in [5, 5.41) is 7.89. The third-order valence-corrected chi connectivity index (χ3v) is 1.90. The van der Waals surface area contributed by atoms with Crippen LogP contribution in [0.15, 0.2) is 37.0 Å². The van der Waals surface area contributed by atoms with E-state index in [1.807, 2.05) is 6.92 Å². The van der Waals surface area contributed by atoms with Crippen LogP contribution in [0.1, 0.15) is 40.5 Å². The molecule has 23 heavy (non-hydrogen) atoms. The Bertz CT molecular complexity index is 397. The molecule has 0 aromatic carbocycles. The fourth-order valence-electron chi connectivity index (χ4n) is 0.630. The molecule has 0 bridgehead atoms. The summed E-state index contributed by atoms with van der Waals surface area (Å²) in [5.41, 5.74) is 0.627. The summed E-state index contributed by atoms with van der Waals surface area (Å²) in [6.45, 7) is 17.6. The zero-order chi connectivity index (χ0) is 18.8. The third-order valence-electron chi connectivity index (χ3n) is 1.90. The Morgan fingerprint density at radius 1 is 1.04 bits per heavy atom. The number of rotatable bonds is 7. The molecule has 0 spiro atoms. The fraction of sp³-hybridized carbons (Fsp3) is 0.471. The average molecular weight is 328 g/mol. The average Bonchev–Trinajstić information content (AvgIpc) is 2.48. The molecule has 0 aliphatic carbocycles. The quantitative estimate of drug-likeness (QED) is 0.438. The number of unbranched alkanes of at least 4 members (excludes halogenated alkanes) is 1. The van der Waals surface area contributed by atoms with E-state index in [2.05, 4.69) is 29.2 Å². The van der Waals surface area contributed by atoms with Gasteiger partial charge in [0.05, 0.1) is 13.2 Å². The lowest BCUT2D eigenvalue weighted by Gasteiger charge is -1.97. The van der Waals surface area contributed by atoms with Crippen LogP contribution < -0.4 is 0 Å². The second-order valence-electron chi connectivity index (χ2n) is 4.31. The van der Waals surface area contributed by atoms with E-state index in [1.54, 1.807) is 13.8 Å². The molecular formula is C17H28O6.